The Kier molecular flexibility index (Phi) is 3.56. The fourth-order valence-corrected chi connectivity index (χ4v) is 2.38. The molecule has 2 rings (SSSR count). The first-order valence-corrected chi connectivity index (χ1v) is 6.19. The highest BCUT2D eigenvalue weighted by Gasteiger charge is 2.22. The van der Waals surface area contributed by atoms with Crippen LogP contribution in [0.1, 0.15) is 22.5 Å². The third-order valence-corrected chi connectivity index (χ3v) is 3.63. The molecular weight excluding hydrogens is 258 g/mol. The van der Waals surface area contributed by atoms with Gasteiger partial charge in [0.1, 0.15) is 0 Å². The van der Waals surface area contributed by atoms with E-state index < -0.39 is 4.92 Å². The van der Waals surface area contributed by atoms with Crippen LogP contribution in [-0.4, -0.2) is 29.3 Å². The van der Waals surface area contributed by atoms with Gasteiger partial charge in [0.05, 0.1) is 9.80 Å². The SMILES string of the molecule is O=C1CCC(NC(=O)c2ccc([N+](=O)[O-])s2)CN1. The van der Waals surface area contributed by atoms with Gasteiger partial charge in [-0.15, -0.1) is 0 Å². The molecule has 1 aliphatic rings. The van der Waals surface area contributed by atoms with Crippen molar-refractivity contribution >= 4 is 28.2 Å². The van der Waals surface area contributed by atoms with Gasteiger partial charge in [0.25, 0.3) is 5.91 Å². The van der Waals surface area contributed by atoms with Crippen LogP contribution >= 0.6 is 11.3 Å². The fraction of sp³-hybridized carbons (Fsp3) is 0.400. The van der Waals surface area contributed by atoms with Gasteiger partial charge < -0.3 is 10.6 Å². The Morgan fingerprint density at radius 3 is 2.89 bits per heavy atom. The summed E-state index contributed by atoms with van der Waals surface area (Å²) in [4.78, 5) is 33.0. The van der Waals surface area contributed by atoms with Crippen molar-refractivity contribution < 1.29 is 14.5 Å². The van der Waals surface area contributed by atoms with E-state index in [0.29, 0.717) is 24.3 Å². The molecule has 2 N–H and O–H groups in total. The minimum absolute atomic E-state index is 0.0211. The number of carbonyl (C=O) groups is 2. The van der Waals surface area contributed by atoms with E-state index in [-0.39, 0.29) is 22.9 Å². The number of piperidine rings is 1. The molecule has 0 spiro atoms. The summed E-state index contributed by atoms with van der Waals surface area (Å²) in [5, 5.41) is 15.8. The lowest BCUT2D eigenvalue weighted by atomic mass is 10.1. The summed E-state index contributed by atoms with van der Waals surface area (Å²) in [6.45, 7) is 0.401. The molecule has 0 bridgehead atoms. The molecule has 1 aliphatic heterocycles. The van der Waals surface area contributed by atoms with E-state index in [9.17, 15) is 19.7 Å². The van der Waals surface area contributed by atoms with Crippen molar-refractivity contribution in [3.63, 3.8) is 0 Å². The molecule has 0 aromatic carbocycles. The van der Waals surface area contributed by atoms with Crippen LogP contribution in [0.15, 0.2) is 12.1 Å². The van der Waals surface area contributed by atoms with Crippen molar-refractivity contribution in [3.05, 3.63) is 27.1 Å². The molecule has 1 atom stereocenters. The molecule has 1 unspecified atom stereocenters. The summed E-state index contributed by atoms with van der Waals surface area (Å²) < 4.78 is 0. The molecular formula is C10H11N3O4S. The van der Waals surface area contributed by atoms with Crippen LogP contribution in [0.4, 0.5) is 5.00 Å². The van der Waals surface area contributed by atoms with E-state index >= 15 is 0 Å². The number of carbonyl (C=O) groups excluding carboxylic acids is 2. The molecule has 96 valence electrons. The zero-order chi connectivity index (χ0) is 13.1. The van der Waals surface area contributed by atoms with Gasteiger partial charge in [-0.25, -0.2) is 0 Å². The highest BCUT2D eigenvalue weighted by Crippen LogP contribution is 2.23. The molecule has 2 amide bonds. The molecule has 1 fully saturated rings. The average Bonchev–Trinajstić information content (AvgIpc) is 2.81. The van der Waals surface area contributed by atoms with E-state index in [1.807, 2.05) is 0 Å². The maximum Gasteiger partial charge on any atom is 0.324 e. The van der Waals surface area contributed by atoms with E-state index in [0.717, 1.165) is 11.3 Å². The predicted octanol–water partition coefficient (Wildman–Crippen LogP) is 0.665. The highest BCUT2D eigenvalue weighted by atomic mass is 32.1. The van der Waals surface area contributed by atoms with Gasteiger partial charge >= 0.3 is 5.00 Å². The van der Waals surface area contributed by atoms with E-state index in [1.165, 1.54) is 12.1 Å². The highest BCUT2D eigenvalue weighted by molar-refractivity contribution is 7.17. The summed E-state index contributed by atoms with van der Waals surface area (Å²) >= 11 is 0.840. The second-order valence-corrected chi connectivity index (χ2v) is 4.97. The Bertz CT molecular complexity index is 489. The number of hydrogen-bond acceptors (Lipinski definition) is 5. The first-order chi connectivity index (χ1) is 8.56. The first kappa shape index (κ1) is 12.5. The summed E-state index contributed by atoms with van der Waals surface area (Å²) in [5.74, 6) is -0.360. The van der Waals surface area contributed by atoms with Crippen molar-refractivity contribution in [2.45, 2.75) is 18.9 Å². The second-order valence-electron chi connectivity index (χ2n) is 3.91. The summed E-state index contributed by atoms with van der Waals surface area (Å²) in [6.07, 6.45) is 0.973. The van der Waals surface area contributed by atoms with Crippen molar-refractivity contribution in [3.8, 4) is 0 Å². The van der Waals surface area contributed by atoms with Crippen LogP contribution < -0.4 is 10.6 Å². The van der Waals surface area contributed by atoms with Crippen LogP contribution in [0, 0.1) is 10.1 Å². The molecule has 18 heavy (non-hydrogen) atoms. The Balaban J connectivity index is 1.94. The molecule has 7 nitrogen and oxygen atoms in total. The van der Waals surface area contributed by atoms with Gasteiger partial charge in [-0.1, -0.05) is 11.3 Å². The third kappa shape index (κ3) is 2.83. The molecule has 0 radical (unpaired) electrons. The topological polar surface area (TPSA) is 101 Å². The summed E-state index contributed by atoms with van der Waals surface area (Å²) in [7, 11) is 0. The largest absolute Gasteiger partial charge is 0.354 e. The number of hydrogen-bond donors (Lipinski definition) is 2. The maximum absolute atomic E-state index is 11.8. The van der Waals surface area contributed by atoms with E-state index in [2.05, 4.69) is 10.6 Å². The fourth-order valence-electron chi connectivity index (χ4n) is 1.66. The maximum atomic E-state index is 11.8. The van der Waals surface area contributed by atoms with Gasteiger partial charge in [0.15, 0.2) is 0 Å². The lowest BCUT2D eigenvalue weighted by molar-refractivity contribution is -0.380. The number of thiophene rings is 1. The normalized spacial score (nSPS) is 19.1. The van der Waals surface area contributed by atoms with Gasteiger partial charge in [-0.3, -0.25) is 19.7 Å². The molecule has 1 saturated heterocycles. The van der Waals surface area contributed by atoms with E-state index in [1.54, 1.807) is 0 Å². The van der Waals surface area contributed by atoms with Gasteiger partial charge in [0, 0.05) is 25.1 Å². The zero-order valence-electron chi connectivity index (χ0n) is 9.34. The van der Waals surface area contributed by atoms with Gasteiger partial charge in [-0.2, -0.15) is 0 Å². The number of nitrogens with one attached hydrogen (secondary N) is 2. The molecule has 1 aromatic rings. The number of nitrogens with zero attached hydrogens (tertiary/aromatic N) is 1. The Morgan fingerprint density at radius 2 is 2.33 bits per heavy atom. The predicted molar refractivity (Wildman–Crippen MR) is 64.5 cm³/mol. The number of nitro groups is 1. The molecule has 8 heteroatoms. The van der Waals surface area contributed by atoms with Crippen LogP contribution in [-0.2, 0) is 4.79 Å². The first-order valence-electron chi connectivity index (χ1n) is 5.38. The summed E-state index contributed by atoms with van der Waals surface area (Å²) in [5.41, 5.74) is 0. The Morgan fingerprint density at radius 1 is 1.56 bits per heavy atom. The number of amides is 2. The minimum Gasteiger partial charge on any atom is -0.354 e. The Hall–Kier alpha value is -1.96. The van der Waals surface area contributed by atoms with Crippen molar-refractivity contribution in [1.82, 2.24) is 10.6 Å². The summed E-state index contributed by atoms with van der Waals surface area (Å²) in [6, 6.07) is 2.62. The zero-order valence-corrected chi connectivity index (χ0v) is 10.2. The van der Waals surface area contributed by atoms with Gasteiger partial charge in [-0.05, 0) is 12.5 Å². The van der Waals surface area contributed by atoms with Gasteiger partial charge in [0.2, 0.25) is 5.91 Å². The third-order valence-electron chi connectivity index (χ3n) is 2.60. The minimum atomic E-state index is -0.526. The van der Waals surface area contributed by atoms with Crippen LogP contribution in [0.3, 0.4) is 0 Å². The van der Waals surface area contributed by atoms with Crippen molar-refractivity contribution in [2.75, 3.05) is 6.54 Å². The van der Waals surface area contributed by atoms with Crippen molar-refractivity contribution in [1.29, 1.82) is 0 Å². The lowest BCUT2D eigenvalue weighted by Gasteiger charge is -2.23. The number of rotatable bonds is 3. The second kappa shape index (κ2) is 5.13. The molecule has 2 heterocycles. The smallest absolute Gasteiger partial charge is 0.324 e. The van der Waals surface area contributed by atoms with Crippen LogP contribution in [0.25, 0.3) is 0 Å². The van der Waals surface area contributed by atoms with Crippen molar-refractivity contribution in [2.24, 2.45) is 0 Å². The quantitative estimate of drug-likeness (QED) is 0.621. The standard InChI is InChI=1S/C10H11N3O4S/c14-8-3-1-6(5-11-8)12-10(15)7-2-4-9(18-7)13(16)17/h2,4,6H,1,3,5H2,(H,11,14)(H,12,15). The van der Waals surface area contributed by atoms with Crippen LogP contribution in [0.2, 0.25) is 0 Å². The van der Waals surface area contributed by atoms with Crippen LogP contribution in [0.5, 0.6) is 0 Å². The molecule has 1 aromatic heterocycles. The average molecular weight is 269 g/mol. The monoisotopic (exact) mass is 269 g/mol. The van der Waals surface area contributed by atoms with E-state index in [4.69, 9.17) is 0 Å². The molecule has 0 saturated carbocycles. The lowest BCUT2D eigenvalue weighted by Crippen LogP contribution is -2.47. The Labute approximate surface area is 106 Å². The molecule has 0 aliphatic carbocycles.